The number of rotatable bonds is 4. The van der Waals surface area contributed by atoms with Crippen molar-refractivity contribution in [2.75, 3.05) is 6.54 Å². The molecular formula is C20H26N6O2. The second-order valence-corrected chi connectivity index (χ2v) is 8.47. The zero-order valence-electron chi connectivity index (χ0n) is 16.9. The highest BCUT2D eigenvalue weighted by Crippen LogP contribution is 2.31. The van der Waals surface area contributed by atoms with Crippen molar-refractivity contribution in [3.05, 3.63) is 24.8 Å². The van der Waals surface area contributed by atoms with Gasteiger partial charge in [0.1, 0.15) is 11.6 Å². The molecule has 8 nitrogen and oxygen atoms in total. The Labute approximate surface area is 163 Å². The number of nitrogens with one attached hydrogen (secondary N) is 1. The molecule has 1 amide bonds. The first kappa shape index (κ1) is 18.5. The minimum absolute atomic E-state index is 0.0717. The van der Waals surface area contributed by atoms with E-state index in [0.29, 0.717) is 18.8 Å². The van der Waals surface area contributed by atoms with Gasteiger partial charge < -0.3 is 14.6 Å². The van der Waals surface area contributed by atoms with Crippen molar-refractivity contribution < 1.29 is 9.53 Å². The van der Waals surface area contributed by atoms with Gasteiger partial charge in [0, 0.05) is 37.7 Å². The van der Waals surface area contributed by atoms with Crippen LogP contribution in [0, 0.1) is 5.92 Å². The third-order valence-corrected chi connectivity index (χ3v) is 5.20. The number of imidazole rings is 1. The molecule has 0 spiro atoms. The summed E-state index contributed by atoms with van der Waals surface area (Å²) in [7, 11) is 1.92. The minimum Gasteiger partial charge on any atom is -0.473 e. The standard InChI is InChI=1S/C20H26N6O2/c1-12(13-6-17(27)21-8-13)28-19-18-16(22-11-25(18)5)7-15(24-19)14-9-23-26(10-14)20(2,3)4/h7,9-13H,6,8H2,1-5H3,(H,21,27). The van der Waals surface area contributed by atoms with Crippen molar-refractivity contribution in [2.45, 2.75) is 45.8 Å². The summed E-state index contributed by atoms with van der Waals surface area (Å²) in [4.78, 5) is 20.8. The highest BCUT2D eigenvalue weighted by atomic mass is 16.5. The van der Waals surface area contributed by atoms with Gasteiger partial charge in [-0.3, -0.25) is 9.48 Å². The van der Waals surface area contributed by atoms with Crippen molar-refractivity contribution in [1.82, 2.24) is 29.6 Å². The third kappa shape index (κ3) is 3.34. The number of carbonyl (C=O) groups is 1. The van der Waals surface area contributed by atoms with Gasteiger partial charge in [0.25, 0.3) is 0 Å². The maximum absolute atomic E-state index is 11.6. The fourth-order valence-corrected chi connectivity index (χ4v) is 3.42. The van der Waals surface area contributed by atoms with Gasteiger partial charge in [-0.1, -0.05) is 0 Å². The van der Waals surface area contributed by atoms with Crippen LogP contribution in [0.1, 0.15) is 34.1 Å². The number of hydrogen-bond donors (Lipinski definition) is 1. The summed E-state index contributed by atoms with van der Waals surface area (Å²) in [5, 5.41) is 7.34. The second kappa shape index (κ2) is 6.61. The molecule has 1 N–H and O–H groups in total. The number of hydrogen-bond acceptors (Lipinski definition) is 5. The van der Waals surface area contributed by atoms with E-state index < -0.39 is 0 Å². The number of ether oxygens (including phenoxy) is 1. The first-order valence-electron chi connectivity index (χ1n) is 9.53. The summed E-state index contributed by atoms with van der Waals surface area (Å²) in [6, 6.07) is 1.96. The summed E-state index contributed by atoms with van der Waals surface area (Å²) in [6.45, 7) is 8.93. The SMILES string of the molecule is CC(Oc1nc(-c2cnn(C(C)(C)C)c2)cc2ncn(C)c12)C1CNC(=O)C1. The van der Waals surface area contributed by atoms with Crippen LogP contribution in [0.5, 0.6) is 5.88 Å². The van der Waals surface area contributed by atoms with Gasteiger partial charge in [-0.15, -0.1) is 0 Å². The monoisotopic (exact) mass is 382 g/mol. The van der Waals surface area contributed by atoms with Gasteiger partial charge in [-0.05, 0) is 33.8 Å². The van der Waals surface area contributed by atoms with Crippen LogP contribution in [0.3, 0.4) is 0 Å². The first-order valence-corrected chi connectivity index (χ1v) is 9.53. The lowest BCUT2D eigenvalue weighted by atomic mass is 10.0. The molecule has 3 aromatic heterocycles. The number of aryl methyl sites for hydroxylation is 1. The Kier molecular flexibility index (Phi) is 4.36. The molecule has 2 unspecified atom stereocenters. The Hall–Kier alpha value is -2.90. The molecule has 8 heteroatoms. The lowest BCUT2D eigenvalue weighted by Gasteiger charge is -2.20. The fourth-order valence-electron chi connectivity index (χ4n) is 3.42. The predicted octanol–water partition coefficient (Wildman–Crippen LogP) is 2.49. The van der Waals surface area contributed by atoms with Crippen LogP contribution in [0.2, 0.25) is 0 Å². The molecule has 0 saturated carbocycles. The van der Waals surface area contributed by atoms with Crippen LogP contribution in [-0.2, 0) is 17.4 Å². The summed E-state index contributed by atoms with van der Waals surface area (Å²) in [6.07, 6.45) is 5.90. The molecule has 1 aliphatic heterocycles. The van der Waals surface area contributed by atoms with Crippen LogP contribution >= 0.6 is 0 Å². The number of fused-ring (bicyclic) bond motifs is 1. The highest BCUT2D eigenvalue weighted by Gasteiger charge is 2.29. The molecule has 28 heavy (non-hydrogen) atoms. The van der Waals surface area contributed by atoms with Gasteiger partial charge in [0.2, 0.25) is 11.8 Å². The molecule has 1 fully saturated rings. The smallest absolute Gasteiger partial charge is 0.241 e. The zero-order chi connectivity index (χ0) is 20.1. The first-order chi connectivity index (χ1) is 13.2. The Bertz CT molecular complexity index is 1030. The normalized spacial score (nSPS) is 18.5. The maximum atomic E-state index is 11.6. The molecule has 1 saturated heterocycles. The maximum Gasteiger partial charge on any atom is 0.241 e. The van der Waals surface area contributed by atoms with E-state index in [1.54, 1.807) is 6.33 Å². The highest BCUT2D eigenvalue weighted by molar-refractivity contribution is 5.84. The van der Waals surface area contributed by atoms with E-state index in [4.69, 9.17) is 9.72 Å². The lowest BCUT2D eigenvalue weighted by molar-refractivity contribution is -0.119. The van der Waals surface area contributed by atoms with E-state index in [-0.39, 0.29) is 23.5 Å². The lowest BCUT2D eigenvalue weighted by Crippen LogP contribution is -2.26. The van der Waals surface area contributed by atoms with E-state index >= 15 is 0 Å². The van der Waals surface area contributed by atoms with Crippen molar-refractivity contribution >= 4 is 16.9 Å². The Morgan fingerprint density at radius 1 is 1.36 bits per heavy atom. The third-order valence-electron chi connectivity index (χ3n) is 5.20. The number of amides is 1. The topological polar surface area (TPSA) is 86.9 Å². The molecule has 2 atom stereocenters. The minimum atomic E-state index is -0.142. The molecule has 4 heterocycles. The molecule has 148 valence electrons. The average molecular weight is 382 g/mol. The zero-order valence-corrected chi connectivity index (χ0v) is 16.9. The number of nitrogens with zero attached hydrogens (tertiary/aromatic N) is 5. The van der Waals surface area contributed by atoms with Crippen molar-refractivity contribution in [3.63, 3.8) is 0 Å². The number of carbonyl (C=O) groups excluding carboxylic acids is 1. The van der Waals surface area contributed by atoms with Crippen LogP contribution in [0.4, 0.5) is 0 Å². The molecule has 0 bridgehead atoms. The Morgan fingerprint density at radius 3 is 2.79 bits per heavy atom. The Morgan fingerprint density at radius 2 is 2.14 bits per heavy atom. The van der Waals surface area contributed by atoms with E-state index in [1.807, 2.05) is 41.7 Å². The van der Waals surface area contributed by atoms with Gasteiger partial charge in [-0.25, -0.2) is 9.97 Å². The average Bonchev–Trinajstić information content (AvgIpc) is 3.34. The molecular weight excluding hydrogens is 356 g/mol. The largest absolute Gasteiger partial charge is 0.473 e. The molecule has 1 aliphatic rings. The summed E-state index contributed by atoms with van der Waals surface area (Å²) in [5.41, 5.74) is 3.24. The van der Waals surface area contributed by atoms with Crippen molar-refractivity contribution in [2.24, 2.45) is 13.0 Å². The summed E-state index contributed by atoms with van der Waals surface area (Å²) < 4.78 is 10.1. The quantitative estimate of drug-likeness (QED) is 0.749. The van der Waals surface area contributed by atoms with Crippen molar-refractivity contribution in [1.29, 1.82) is 0 Å². The van der Waals surface area contributed by atoms with Crippen molar-refractivity contribution in [3.8, 4) is 17.1 Å². The molecule has 0 radical (unpaired) electrons. The Balaban J connectivity index is 1.72. The molecule has 0 aromatic carbocycles. The summed E-state index contributed by atoms with van der Waals surface area (Å²) >= 11 is 0. The van der Waals surface area contributed by atoms with Crippen LogP contribution in [-0.4, -0.2) is 42.9 Å². The van der Waals surface area contributed by atoms with Crippen LogP contribution in [0.15, 0.2) is 24.8 Å². The van der Waals surface area contributed by atoms with Gasteiger partial charge >= 0.3 is 0 Å². The van der Waals surface area contributed by atoms with Crippen LogP contribution < -0.4 is 10.1 Å². The molecule has 4 rings (SSSR count). The molecule has 3 aromatic rings. The number of aromatic nitrogens is 5. The van der Waals surface area contributed by atoms with E-state index in [1.165, 1.54) is 0 Å². The second-order valence-electron chi connectivity index (χ2n) is 8.47. The van der Waals surface area contributed by atoms with E-state index in [2.05, 4.69) is 36.2 Å². The van der Waals surface area contributed by atoms with E-state index in [0.717, 1.165) is 22.3 Å². The molecule has 0 aliphatic carbocycles. The van der Waals surface area contributed by atoms with Gasteiger partial charge in [0.15, 0.2) is 0 Å². The van der Waals surface area contributed by atoms with Gasteiger partial charge in [0.05, 0.1) is 29.3 Å². The van der Waals surface area contributed by atoms with E-state index in [9.17, 15) is 4.79 Å². The number of pyridine rings is 1. The van der Waals surface area contributed by atoms with Gasteiger partial charge in [-0.2, -0.15) is 5.10 Å². The fraction of sp³-hybridized carbons (Fsp3) is 0.500. The van der Waals surface area contributed by atoms with Crippen LogP contribution in [0.25, 0.3) is 22.3 Å². The predicted molar refractivity (Wildman–Crippen MR) is 106 cm³/mol. The summed E-state index contributed by atoms with van der Waals surface area (Å²) in [5.74, 6) is 0.732.